The van der Waals surface area contributed by atoms with Gasteiger partial charge in [-0.3, -0.25) is 14.5 Å². The molecule has 0 bridgehead atoms. The molecule has 2 N–H and O–H groups in total. The Morgan fingerprint density at radius 2 is 2.07 bits per heavy atom. The van der Waals surface area contributed by atoms with Crippen molar-refractivity contribution < 1.29 is 23.9 Å². The highest BCUT2D eigenvalue weighted by Crippen LogP contribution is 2.28. The molecule has 1 fully saturated rings. The van der Waals surface area contributed by atoms with Gasteiger partial charge in [-0.05, 0) is 24.1 Å². The minimum absolute atomic E-state index is 0.142. The Hall–Kier alpha value is -3.14. The van der Waals surface area contributed by atoms with Crippen molar-refractivity contribution in [3.63, 3.8) is 0 Å². The van der Waals surface area contributed by atoms with Gasteiger partial charge in [-0.15, -0.1) is 11.3 Å². The number of thiazole rings is 1. The fourth-order valence-corrected chi connectivity index (χ4v) is 3.39. The average molecular weight is 404 g/mol. The maximum Gasteiger partial charge on any atom is 0.324 e. The molecule has 0 saturated carbocycles. The van der Waals surface area contributed by atoms with E-state index in [0.717, 1.165) is 10.5 Å². The van der Waals surface area contributed by atoms with Crippen LogP contribution in [0.15, 0.2) is 29.8 Å². The number of amides is 4. The number of rotatable bonds is 8. The highest BCUT2D eigenvalue weighted by atomic mass is 32.1. The predicted octanol–water partition coefficient (Wildman–Crippen LogP) is 1.65. The highest BCUT2D eigenvalue weighted by molar-refractivity contribution is 7.13. The number of nitrogens with one attached hydrogen (secondary N) is 2. The summed E-state index contributed by atoms with van der Waals surface area (Å²) in [5, 5.41) is 7.34. The number of hydrogen-bond acceptors (Lipinski definition) is 7. The Labute approximate surface area is 165 Å². The molecular weight excluding hydrogens is 384 g/mol. The normalized spacial score (nSPS) is 16.1. The fourth-order valence-electron chi connectivity index (χ4n) is 2.84. The monoisotopic (exact) mass is 404 g/mol. The molecule has 2 aromatic rings. The van der Waals surface area contributed by atoms with Gasteiger partial charge in [0.05, 0.1) is 20.6 Å². The zero-order valence-corrected chi connectivity index (χ0v) is 16.2. The highest BCUT2D eigenvalue weighted by Gasteiger charge is 2.38. The minimum Gasteiger partial charge on any atom is -0.493 e. The van der Waals surface area contributed by atoms with Crippen LogP contribution in [-0.4, -0.2) is 54.5 Å². The van der Waals surface area contributed by atoms with Crippen LogP contribution in [0.3, 0.4) is 0 Å². The summed E-state index contributed by atoms with van der Waals surface area (Å²) in [6.07, 6.45) is 1.88. The Kier molecular flexibility index (Phi) is 6.09. The largest absolute Gasteiger partial charge is 0.493 e. The lowest BCUT2D eigenvalue weighted by atomic mass is 10.1. The van der Waals surface area contributed by atoms with Crippen LogP contribution >= 0.6 is 11.3 Å². The van der Waals surface area contributed by atoms with Crippen molar-refractivity contribution in [2.45, 2.75) is 18.9 Å². The molecule has 28 heavy (non-hydrogen) atoms. The Balaban J connectivity index is 1.57. The zero-order valence-electron chi connectivity index (χ0n) is 15.4. The molecule has 1 atom stereocenters. The maximum atomic E-state index is 12.5. The maximum absolute atomic E-state index is 12.5. The van der Waals surface area contributed by atoms with Crippen LogP contribution in [0.4, 0.5) is 9.93 Å². The first-order valence-corrected chi connectivity index (χ1v) is 9.42. The lowest BCUT2D eigenvalue weighted by molar-refractivity contribution is -0.129. The molecule has 10 heteroatoms. The topological polar surface area (TPSA) is 110 Å². The van der Waals surface area contributed by atoms with Gasteiger partial charge in [0.15, 0.2) is 16.6 Å². The van der Waals surface area contributed by atoms with Crippen LogP contribution in [0.5, 0.6) is 11.5 Å². The van der Waals surface area contributed by atoms with Crippen molar-refractivity contribution in [1.82, 2.24) is 15.2 Å². The first kappa shape index (κ1) is 19.6. The molecule has 148 valence electrons. The van der Waals surface area contributed by atoms with Gasteiger partial charge in [0.2, 0.25) is 5.91 Å². The van der Waals surface area contributed by atoms with Crippen LogP contribution < -0.4 is 20.1 Å². The molecular formula is C18H20N4O5S. The van der Waals surface area contributed by atoms with Crippen molar-refractivity contribution in [2.75, 3.05) is 26.1 Å². The minimum atomic E-state index is -0.877. The van der Waals surface area contributed by atoms with Crippen LogP contribution in [0.2, 0.25) is 0 Å². The third-order valence-electron chi connectivity index (χ3n) is 4.25. The molecule has 1 saturated heterocycles. The molecule has 1 aromatic carbocycles. The molecule has 0 unspecified atom stereocenters. The van der Waals surface area contributed by atoms with Gasteiger partial charge < -0.3 is 20.1 Å². The third kappa shape index (κ3) is 4.39. The van der Waals surface area contributed by atoms with Crippen LogP contribution in [0.25, 0.3) is 0 Å². The SMILES string of the molecule is COc1ccc(CCN2C(=O)N[C@@H](CC(=O)Nc3nccs3)C2=O)cc1OC. The summed E-state index contributed by atoms with van der Waals surface area (Å²) in [4.78, 5) is 41.8. The standard InChI is InChI=1S/C18H20N4O5S/c1-26-13-4-3-11(9-14(13)27-2)5-7-22-16(24)12(20-18(22)25)10-15(23)21-17-19-6-8-28-17/h3-4,6,8-9,12H,5,7,10H2,1-2H3,(H,20,25)(H,19,21,23)/t12-/m0/s1. The van der Waals surface area contributed by atoms with Gasteiger partial charge in [0.25, 0.3) is 5.91 Å². The van der Waals surface area contributed by atoms with Gasteiger partial charge in [-0.1, -0.05) is 6.07 Å². The number of ether oxygens (including phenoxy) is 2. The fraction of sp³-hybridized carbons (Fsp3) is 0.333. The Morgan fingerprint density at radius 1 is 1.29 bits per heavy atom. The number of benzene rings is 1. The number of urea groups is 1. The summed E-state index contributed by atoms with van der Waals surface area (Å²) in [5.41, 5.74) is 0.892. The van der Waals surface area contributed by atoms with Crippen molar-refractivity contribution in [3.8, 4) is 11.5 Å². The molecule has 2 heterocycles. The number of imide groups is 1. The van der Waals surface area contributed by atoms with E-state index >= 15 is 0 Å². The van der Waals surface area contributed by atoms with Crippen molar-refractivity contribution >= 4 is 34.3 Å². The summed E-state index contributed by atoms with van der Waals surface area (Å²) < 4.78 is 10.5. The smallest absolute Gasteiger partial charge is 0.324 e. The molecule has 0 aliphatic carbocycles. The average Bonchev–Trinajstić information content (AvgIpc) is 3.28. The second-order valence-corrected chi connectivity index (χ2v) is 6.92. The van der Waals surface area contributed by atoms with Crippen molar-refractivity contribution in [3.05, 3.63) is 35.3 Å². The first-order chi connectivity index (χ1) is 13.5. The lowest BCUT2D eigenvalue weighted by Gasteiger charge is -2.14. The van der Waals surface area contributed by atoms with Crippen molar-refractivity contribution in [2.24, 2.45) is 0 Å². The van der Waals surface area contributed by atoms with E-state index in [1.165, 1.54) is 11.3 Å². The second-order valence-electron chi connectivity index (χ2n) is 6.02. The lowest BCUT2D eigenvalue weighted by Crippen LogP contribution is -2.34. The summed E-state index contributed by atoms with van der Waals surface area (Å²) >= 11 is 1.28. The van der Waals surface area contributed by atoms with Crippen molar-refractivity contribution in [1.29, 1.82) is 0 Å². The van der Waals surface area contributed by atoms with E-state index < -0.39 is 18.0 Å². The molecule has 9 nitrogen and oxygen atoms in total. The Bertz CT molecular complexity index is 871. The Morgan fingerprint density at radius 3 is 2.75 bits per heavy atom. The van der Waals surface area contributed by atoms with Crippen LogP contribution in [0.1, 0.15) is 12.0 Å². The summed E-state index contributed by atoms with van der Waals surface area (Å²) in [6, 6.07) is 4.04. The quantitative estimate of drug-likeness (QED) is 0.648. The number of carbonyl (C=O) groups excluding carboxylic acids is 3. The number of nitrogens with zero attached hydrogens (tertiary/aromatic N) is 2. The van der Waals surface area contributed by atoms with Gasteiger partial charge in [-0.25, -0.2) is 9.78 Å². The van der Waals surface area contributed by atoms with Gasteiger partial charge in [0, 0.05) is 18.1 Å². The zero-order chi connectivity index (χ0) is 20.1. The predicted molar refractivity (Wildman–Crippen MR) is 103 cm³/mol. The summed E-state index contributed by atoms with van der Waals surface area (Å²) in [6.45, 7) is 0.199. The molecule has 1 aliphatic heterocycles. The molecule has 3 rings (SSSR count). The van der Waals surface area contributed by atoms with E-state index in [1.54, 1.807) is 37.9 Å². The van der Waals surface area contributed by atoms with Crippen LogP contribution in [-0.2, 0) is 16.0 Å². The molecule has 4 amide bonds. The van der Waals surface area contributed by atoms with E-state index in [0.29, 0.717) is 23.1 Å². The number of aromatic nitrogens is 1. The van der Waals surface area contributed by atoms with E-state index in [4.69, 9.17) is 9.47 Å². The van der Waals surface area contributed by atoms with E-state index in [9.17, 15) is 14.4 Å². The van der Waals surface area contributed by atoms with Crippen LogP contribution in [0, 0.1) is 0 Å². The molecule has 1 aliphatic rings. The molecule has 1 aromatic heterocycles. The molecule has 0 radical (unpaired) electrons. The number of hydrogen-bond donors (Lipinski definition) is 2. The second kappa shape index (κ2) is 8.70. The number of anilines is 1. The first-order valence-electron chi connectivity index (χ1n) is 8.54. The molecule has 0 spiro atoms. The van der Waals surface area contributed by atoms with Gasteiger partial charge in [-0.2, -0.15) is 0 Å². The van der Waals surface area contributed by atoms with E-state index in [-0.39, 0.29) is 18.9 Å². The van der Waals surface area contributed by atoms with Gasteiger partial charge in [0.1, 0.15) is 6.04 Å². The van der Waals surface area contributed by atoms with E-state index in [1.807, 2.05) is 6.07 Å². The number of carbonyl (C=O) groups is 3. The number of methoxy groups -OCH3 is 2. The van der Waals surface area contributed by atoms with Gasteiger partial charge >= 0.3 is 6.03 Å². The third-order valence-corrected chi connectivity index (χ3v) is 4.94. The van der Waals surface area contributed by atoms with E-state index in [2.05, 4.69) is 15.6 Å². The summed E-state index contributed by atoms with van der Waals surface area (Å²) in [5.74, 6) is 0.386. The summed E-state index contributed by atoms with van der Waals surface area (Å²) in [7, 11) is 3.09.